The lowest BCUT2D eigenvalue weighted by Gasteiger charge is -2.14. The number of anilines is 1. The second kappa shape index (κ2) is 6.27. The fraction of sp³-hybridized carbons (Fsp3) is 0.111. The molecular formula is C18H14FNO5. The Morgan fingerprint density at radius 1 is 0.920 bits per heavy atom. The van der Waals surface area contributed by atoms with E-state index in [9.17, 15) is 19.1 Å². The van der Waals surface area contributed by atoms with Gasteiger partial charge in [0.2, 0.25) is 0 Å². The number of hydrogen-bond donors (Lipinski definition) is 1. The molecule has 0 spiro atoms. The zero-order valence-electron chi connectivity index (χ0n) is 13.4. The summed E-state index contributed by atoms with van der Waals surface area (Å²) in [6.07, 6.45) is 0. The van der Waals surface area contributed by atoms with Gasteiger partial charge in [0.15, 0.2) is 17.3 Å². The van der Waals surface area contributed by atoms with Crippen molar-refractivity contribution in [3.8, 4) is 11.5 Å². The molecule has 1 heterocycles. The topological polar surface area (TPSA) is 76.1 Å². The molecule has 7 heteroatoms. The van der Waals surface area contributed by atoms with Crippen LogP contribution >= 0.6 is 0 Å². The van der Waals surface area contributed by atoms with Gasteiger partial charge in [0.1, 0.15) is 5.82 Å². The molecule has 0 aromatic heterocycles. The maximum absolute atomic E-state index is 13.1. The van der Waals surface area contributed by atoms with E-state index in [1.54, 1.807) is 6.07 Å². The molecule has 1 N–H and O–H groups in total. The molecule has 3 rings (SSSR count). The quantitative estimate of drug-likeness (QED) is 0.864. The first-order valence-electron chi connectivity index (χ1n) is 7.28. The number of benzene rings is 2. The first-order valence-corrected chi connectivity index (χ1v) is 7.28. The molecule has 2 amide bonds. The van der Waals surface area contributed by atoms with Gasteiger partial charge in [0.05, 0.1) is 25.5 Å². The van der Waals surface area contributed by atoms with E-state index < -0.39 is 23.4 Å². The lowest BCUT2D eigenvalue weighted by Crippen LogP contribution is -2.31. The molecular weight excluding hydrogens is 329 g/mol. The van der Waals surface area contributed by atoms with Crippen LogP contribution in [0.3, 0.4) is 0 Å². The van der Waals surface area contributed by atoms with E-state index in [4.69, 9.17) is 9.47 Å². The van der Waals surface area contributed by atoms with Crippen molar-refractivity contribution < 1.29 is 28.6 Å². The van der Waals surface area contributed by atoms with Gasteiger partial charge in [-0.3, -0.25) is 9.59 Å². The van der Waals surface area contributed by atoms with E-state index in [1.165, 1.54) is 38.5 Å². The number of amides is 2. The van der Waals surface area contributed by atoms with Gasteiger partial charge < -0.3 is 14.6 Å². The maximum atomic E-state index is 13.1. The minimum atomic E-state index is -0.874. The number of hydrogen-bond acceptors (Lipinski definition) is 5. The normalized spacial score (nSPS) is 14.3. The number of rotatable bonds is 4. The highest BCUT2D eigenvalue weighted by Gasteiger charge is 2.40. The molecule has 1 aliphatic heterocycles. The summed E-state index contributed by atoms with van der Waals surface area (Å²) in [5.41, 5.74) is 0.312. The number of halogens is 1. The number of methoxy groups -OCH3 is 2. The molecule has 0 unspecified atom stereocenters. The Hall–Kier alpha value is -3.35. The van der Waals surface area contributed by atoms with Crippen molar-refractivity contribution in [1.29, 1.82) is 0 Å². The van der Waals surface area contributed by atoms with Crippen molar-refractivity contribution in [2.75, 3.05) is 19.1 Å². The zero-order valence-corrected chi connectivity index (χ0v) is 13.4. The van der Waals surface area contributed by atoms with E-state index in [-0.39, 0.29) is 11.3 Å². The van der Waals surface area contributed by atoms with Gasteiger partial charge in [-0.25, -0.2) is 9.29 Å². The standard InChI is InChI=1S/C18H14FNO5/c1-24-13-8-3-10(9-14(13)25-2)15-16(21)18(23)20(17(15)22)12-6-4-11(19)5-7-12/h3-9,21H,1-2H3. The molecule has 1 aliphatic rings. The number of carbonyl (C=O) groups is 2. The average Bonchev–Trinajstić information content (AvgIpc) is 2.84. The van der Waals surface area contributed by atoms with Crippen LogP contribution in [-0.2, 0) is 9.59 Å². The fourth-order valence-corrected chi connectivity index (χ4v) is 2.59. The number of ether oxygens (including phenoxy) is 2. The van der Waals surface area contributed by atoms with Crippen molar-refractivity contribution in [1.82, 2.24) is 0 Å². The van der Waals surface area contributed by atoms with E-state index in [2.05, 4.69) is 0 Å². The molecule has 6 nitrogen and oxygen atoms in total. The monoisotopic (exact) mass is 343 g/mol. The van der Waals surface area contributed by atoms with Crippen LogP contribution in [0.4, 0.5) is 10.1 Å². The third-order valence-corrected chi connectivity index (χ3v) is 3.82. The van der Waals surface area contributed by atoms with E-state index >= 15 is 0 Å². The molecule has 0 saturated heterocycles. The number of nitrogens with zero attached hydrogens (tertiary/aromatic N) is 1. The van der Waals surface area contributed by atoms with Gasteiger partial charge in [-0.15, -0.1) is 0 Å². The number of aliphatic hydroxyl groups is 1. The minimum absolute atomic E-state index is 0.157. The average molecular weight is 343 g/mol. The zero-order chi connectivity index (χ0) is 18.1. The Morgan fingerprint density at radius 2 is 1.56 bits per heavy atom. The maximum Gasteiger partial charge on any atom is 0.301 e. The van der Waals surface area contributed by atoms with Gasteiger partial charge in [-0.1, -0.05) is 6.07 Å². The fourth-order valence-electron chi connectivity index (χ4n) is 2.59. The van der Waals surface area contributed by atoms with Crippen LogP contribution in [0.2, 0.25) is 0 Å². The van der Waals surface area contributed by atoms with Crippen LogP contribution in [0.25, 0.3) is 5.57 Å². The van der Waals surface area contributed by atoms with E-state index in [0.29, 0.717) is 17.1 Å². The van der Waals surface area contributed by atoms with Crippen LogP contribution in [-0.4, -0.2) is 31.1 Å². The summed E-state index contributed by atoms with van der Waals surface area (Å²) >= 11 is 0. The first kappa shape index (κ1) is 16.5. The van der Waals surface area contributed by atoms with Gasteiger partial charge in [0, 0.05) is 0 Å². The second-order valence-corrected chi connectivity index (χ2v) is 5.22. The predicted octanol–water partition coefficient (Wildman–Crippen LogP) is 2.69. The van der Waals surface area contributed by atoms with Crippen LogP contribution in [0.15, 0.2) is 48.2 Å². The predicted molar refractivity (Wildman–Crippen MR) is 88.0 cm³/mol. The van der Waals surface area contributed by atoms with Crippen molar-refractivity contribution in [2.45, 2.75) is 0 Å². The molecule has 0 aliphatic carbocycles. The highest BCUT2D eigenvalue weighted by Crippen LogP contribution is 2.36. The molecule has 0 saturated carbocycles. The number of carbonyl (C=O) groups excluding carboxylic acids is 2. The Balaban J connectivity index is 2.04. The molecule has 2 aromatic carbocycles. The third kappa shape index (κ3) is 2.69. The lowest BCUT2D eigenvalue weighted by molar-refractivity contribution is -0.121. The van der Waals surface area contributed by atoms with Crippen LogP contribution in [0.5, 0.6) is 11.5 Å². The van der Waals surface area contributed by atoms with E-state index in [0.717, 1.165) is 17.0 Å². The molecule has 2 aromatic rings. The van der Waals surface area contributed by atoms with Crippen molar-refractivity contribution in [3.05, 3.63) is 59.6 Å². The minimum Gasteiger partial charge on any atom is -0.502 e. The Morgan fingerprint density at radius 3 is 2.16 bits per heavy atom. The van der Waals surface area contributed by atoms with Gasteiger partial charge in [-0.05, 0) is 42.0 Å². The smallest absolute Gasteiger partial charge is 0.301 e. The second-order valence-electron chi connectivity index (χ2n) is 5.22. The molecule has 128 valence electrons. The Kier molecular flexibility index (Phi) is 4.14. The highest BCUT2D eigenvalue weighted by atomic mass is 19.1. The van der Waals surface area contributed by atoms with Crippen LogP contribution in [0.1, 0.15) is 5.56 Å². The van der Waals surface area contributed by atoms with Crippen LogP contribution < -0.4 is 14.4 Å². The SMILES string of the molecule is COc1ccc(C2=C(O)C(=O)N(c3ccc(F)cc3)C2=O)cc1OC. The lowest BCUT2D eigenvalue weighted by atomic mass is 10.0. The van der Waals surface area contributed by atoms with Crippen molar-refractivity contribution in [2.24, 2.45) is 0 Å². The summed E-state index contributed by atoms with van der Waals surface area (Å²) in [6, 6.07) is 9.41. The summed E-state index contributed by atoms with van der Waals surface area (Å²) in [6.45, 7) is 0. The van der Waals surface area contributed by atoms with E-state index in [1.807, 2.05) is 0 Å². The Labute approximate surface area is 142 Å². The van der Waals surface area contributed by atoms with Crippen LogP contribution in [0, 0.1) is 5.82 Å². The van der Waals surface area contributed by atoms with Crippen molar-refractivity contribution in [3.63, 3.8) is 0 Å². The molecule has 0 bridgehead atoms. The Bertz CT molecular complexity index is 889. The molecule has 0 fully saturated rings. The van der Waals surface area contributed by atoms with Crippen molar-refractivity contribution >= 4 is 23.1 Å². The number of imide groups is 1. The summed E-state index contributed by atoms with van der Waals surface area (Å²) in [5.74, 6) is -1.97. The molecule has 0 radical (unpaired) electrons. The summed E-state index contributed by atoms with van der Waals surface area (Å²) in [5, 5.41) is 10.2. The number of aliphatic hydroxyl groups excluding tert-OH is 1. The first-order chi connectivity index (χ1) is 12.0. The van der Waals surface area contributed by atoms with Gasteiger partial charge in [0.25, 0.3) is 5.91 Å². The summed E-state index contributed by atoms with van der Waals surface area (Å²) < 4.78 is 23.4. The summed E-state index contributed by atoms with van der Waals surface area (Å²) in [4.78, 5) is 25.8. The molecule has 25 heavy (non-hydrogen) atoms. The van der Waals surface area contributed by atoms with Gasteiger partial charge >= 0.3 is 5.91 Å². The molecule has 0 atom stereocenters. The largest absolute Gasteiger partial charge is 0.502 e. The van der Waals surface area contributed by atoms with Gasteiger partial charge in [-0.2, -0.15) is 0 Å². The third-order valence-electron chi connectivity index (χ3n) is 3.82. The summed E-state index contributed by atoms with van der Waals surface area (Å²) in [7, 11) is 2.90. The highest BCUT2D eigenvalue weighted by molar-refractivity contribution is 6.44.